The predicted molar refractivity (Wildman–Crippen MR) is 157 cm³/mol. The third-order valence-corrected chi connectivity index (χ3v) is 8.12. The van der Waals surface area contributed by atoms with Crippen LogP contribution in [-0.4, -0.2) is 50.4 Å². The number of benzene rings is 3. The number of likely N-dealkylation sites (N-methyl/N-ethyl adjacent to an activating group) is 1. The van der Waals surface area contributed by atoms with E-state index in [0.29, 0.717) is 11.7 Å². The smallest absolute Gasteiger partial charge is 0.162 e. The van der Waals surface area contributed by atoms with Gasteiger partial charge in [0.15, 0.2) is 11.5 Å². The fourth-order valence-corrected chi connectivity index (χ4v) is 5.72. The topological polar surface area (TPSA) is 45.2 Å². The Kier molecular flexibility index (Phi) is 9.57. The van der Waals surface area contributed by atoms with Gasteiger partial charge in [-0.15, -0.1) is 0 Å². The number of anilines is 1. The number of fused-ring (bicyclic) bond motifs is 1. The maximum Gasteiger partial charge on any atom is 0.162 e. The molecule has 0 saturated heterocycles. The van der Waals surface area contributed by atoms with Crippen LogP contribution < -0.4 is 14.4 Å². The van der Waals surface area contributed by atoms with E-state index in [-0.39, 0.29) is 0 Å². The highest BCUT2D eigenvalue weighted by atomic mass is 16.5. The van der Waals surface area contributed by atoms with Gasteiger partial charge in [0.05, 0.1) is 14.2 Å². The summed E-state index contributed by atoms with van der Waals surface area (Å²) in [5.74, 6) is 2.26. The van der Waals surface area contributed by atoms with Crippen molar-refractivity contribution in [3.05, 3.63) is 82.4 Å². The summed E-state index contributed by atoms with van der Waals surface area (Å²) in [4.78, 5) is 4.92. The van der Waals surface area contributed by atoms with Crippen LogP contribution in [0.4, 0.5) is 5.69 Å². The van der Waals surface area contributed by atoms with Crippen LogP contribution in [0.25, 0.3) is 0 Å². The number of hydrogen-bond donors (Lipinski definition) is 1. The summed E-state index contributed by atoms with van der Waals surface area (Å²) in [6.07, 6.45) is 4.04. The lowest BCUT2D eigenvalue weighted by Gasteiger charge is -2.32. The Balaban J connectivity index is 1.59. The number of rotatable bonds is 12. The molecule has 0 aromatic heterocycles. The first-order valence-electron chi connectivity index (χ1n) is 14.1. The van der Waals surface area contributed by atoms with Gasteiger partial charge in [-0.25, -0.2) is 0 Å². The molecule has 0 spiro atoms. The Morgan fingerprint density at radius 2 is 1.50 bits per heavy atom. The molecule has 5 heteroatoms. The van der Waals surface area contributed by atoms with Crippen molar-refractivity contribution < 1.29 is 14.6 Å². The second kappa shape index (κ2) is 13.1. The highest BCUT2D eigenvalue weighted by Gasteiger charge is 2.26. The van der Waals surface area contributed by atoms with E-state index in [4.69, 9.17) is 9.47 Å². The summed E-state index contributed by atoms with van der Waals surface area (Å²) < 4.78 is 11.5. The molecule has 38 heavy (non-hydrogen) atoms. The largest absolute Gasteiger partial charge is 0.508 e. The number of aromatic hydroxyl groups is 1. The molecule has 0 amide bonds. The van der Waals surface area contributed by atoms with Gasteiger partial charge in [0.25, 0.3) is 0 Å². The van der Waals surface area contributed by atoms with Crippen molar-refractivity contribution in [2.24, 2.45) is 0 Å². The minimum Gasteiger partial charge on any atom is -0.508 e. The van der Waals surface area contributed by atoms with Crippen molar-refractivity contribution in [2.45, 2.75) is 58.9 Å². The number of ether oxygens (including phenoxy) is 2. The third-order valence-electron chi connectivity index (χ3n) is 8.12. The summed E-state index contributed by atoms with van der Waals surface area (Å²) in [6, 6.07) is 19.3. The molecule has 3 aromatic carbocycles. The maximum absolute atomic E-state index is 9.94. The molecule has 0 unspecified atom stereocenters. The number of phenolic OH excluding ortho intramolecular Hbond substituents is 1. The summed E-state index contributed by atoms with van der Waals surface area (Å²) in [5.41, 5.74) is 7.80. The lowest BCUT2D eigenvalue weighted by Crippen LogP contribution is -2.25. The first kappa shape index (κ1) is 27.8. The molecule has 1 aliphatic rings. The van der Waals surface area contributed by atoms with Gasteiger partial charge in [0.2, 0.25) is 0 Å². The summed E-state index contributed by atoms with van der Waals surface area (Å²) >= 11 is 0. The monoisotopic (exact) mass is 516 g/mol. The van der Waals surface area contributed by atoms with Gasteiger partial charge < -0.3 is 24.4 Å². The molecule has 1 atom stereocenters. The van der Waals surface area contributed by atoms with Gasteiger partial charge in [0, 0.05) is 31.4 Å². The fourth-order valence-electron chi connectivity index (χ4n) is 5.72. The zero-order valence-corrected chi connectivity index (χ0v) is 23.8. The molecule has 5 nitrogen and oxygen atoms in total. The van der Waals surface area contributed by atoms with Crippen molar-refractivity contribution in [1.29, 1.82) is 0 Å². The Morgan fingerprint density at radius 1 is 0.816 bits per heavy atom. The first-order valence-corrected chi connectivity index (χ1v) is 14.1. The summed E-state index contributed by atoms with van der Waals surface area (Å²) in [5, 5.41) is 9.94. The number of phenols is 1. The Labute approximate surface area is 229 Å². The highest BCUT2D eigenvalue weighted by Crippen LogP contribution is 2.43. The van der Waals surface area contributed by atoms with Gasteiger partial charge in [-0.2, -0.15) is 0 Å². The first-order chi connectivity index (χ1) is 18.5. The van der Waals surface area contributed by atoms with Crippen LogP contribution in [0.2, 0.25) is 0 Å². The zero-order valence-electron chi connectivity index (χ0n) is 23.8. The SMILES string of the molecule is CCN(CC)CCc1ccc(CN(CC)c2cc(OC)c(OC)cc2[C@@H]2CCc3cc(O)ccc3C2)cc1. The molecular formula is C33H44N2O3. The van der Waals surface area contributed by atoms with Crippen LogP contribution in [0.1, 0.15) is 60.9 Å². The van der Waals surface area contributed by atoms with E-state index >= 15 is 0 Å². The van der Waals surface area contributed by atoms with Gasteiger partial charge in [-0.3, -0.25) is 0 Å². The molecule has 4 rings (SSSR count). The molecule has 3 aromatic rings. The molecular weight excluding hydrogens is 472 g/mol. The molecule has 1 aliphatic carbocycles. The van der Waals surface area contributed by atoms with Crippen molar-refractivity contribution >= 4 is 5.69 Å². The van der Waals surface area contributed by atoms with E-state index in [1.807, 2.05) is 6.07 Å². The molecule has 0 bridgehead atoms. The van der Waals surface area contributed by atoms with Gasteiger partial charge in [0.1, 0.15) is 5.75 Å². The minimum absolute atomic E-state index is 0.352. The van der Waals surface area contributed by atoms with Crippen molar-refractivity contribution in [2.75, 3.05) is 45.3 Å². The number of aryl methyl sites for hydroxylation is 1. The highest BCUT2D eigenvalue weighted by molar-refractivity contribution is 5.64. The van der Waals surface area contributed by atoms with E-state index in [1.165, 1.54) is 33.5 Å². The molecule has 0 radical (unpaired) electrons. The average Bonchev–Trinajstić information content (AvgIpc) is 2.96. The lowest BCUT2D eigenvalue weighted by molar-refractivity contribution is 0.308. The van der Waals surface area contributed by atoms with Gasteiger partial charge in [-0.05, 0) is 97.6 Å². The van der Waals surface area contributed by atoms with E-state index in [9.17, 15) is 5.11 Å². The minimum atomic E-state index is 0.352. The zero-order chi connectivity index (χ0) is 27.1. The Morgan fingerprint density at radius 3 is 2.16 bits per heavy atom. The average molecular weight is 517 g/mol. The van der Waals surface area contributed by atoms with Crippen molar-refractivity contribution in [3.8, 4) is 17.2 Å². The number of nitrogens with zero attached hydrogens (tertiary/aromatic N) is 2. The van der Waals surface area contributed by atoms with Crippen LogP contribution in [0.5, 0.6) is 17.2 Å². The van der Waals surface area contributed by atoms with Gasteiger partial charge in [-0.1, -0.05) is 44.2 Å². The second-order valence-electron chi connectivity index (χ2n) is 10.3. The standard InChI is InChI=1S/C33H44N2O3/c1-6-34(7-2)18-17-24-9-11-25(12-10-24)23-35(8-3)31-22-33(38-5)32(37-4)21-30(31)28-14-13-27-20-29(36)16-15-26(27)19-28/h9-12,15-16,20-22,28,36H,6-8,13-14,17-19,23H2,1-5H3/t28-/m1/s1. The lowest BCUT2D eigenvalue weighted by atomic mass is 9.79. The van der Waals surface area contributed by atoms with Gasteiger partial charge >= 0.3 is 0 Å². The molecule has 1 N–H and O–H groups in total. The molecule has 0 fully saturated rings. The molecule has 0 aliphatic heterocycles. The van der Waals surface area contributed by atoms with Crippen LogP contribution >= 0.6 is 0 Å². The van der Waals surface area contributed by atoms with Crippen LogP contribution in [0.15, 0.2) is 54.6 Å². The molecule has 0 heterocycles. The maximum atomic E-state index is 9.94. The Hall–Kier alpha value is -3.18. The summed E-state index contributed by atoms with van der Waals surface area (Å²) in [7, 11) is 3.41. The van der Waals surface area contributed by atoms with E-state index in [1.54, 1.807) is 20.3 Å². The van der Waals surface area contributed by atoms with Crippen LogP contribution in [0.3, 0.4) is 0 Å². The van der Waals surface area contributed by atoms with Crippen molar-refractivity contribution in [3.63, 3.8) is 0 Å². The van der Waals surface area contributed by atoms with Crippen LogP contribution in [-0.2, 0) is 25.8 Å². The third kappa shape index (κ3) is 6.44. The Bertz CT molecular complexity index is 1190. The second-order valence-corrected chi connectivity index (χ2v) is 10.3. The quantitative estimate of drug-likeness (QED) is 0.294. The molecule has 0 saturated carbocycles. The van der Waals surface area contributed by atoms with Crippen molar-refractivity contribution in [1.82, 2.24) is 4.90 Å². The number of methoxy groups -OCH3 is 2. The van der Waals surface area contributed by atoms with Crippen LogP contribution in [0, 0.1) is 0 Å². The van der Waals surface area contributed by atoms with E-state index < -0.39 is 0 Å². The van der Waals surface area contributed by atoms with E-state index in [2.05, 4.69) is 73.0 Å². The van der Waals surface area contributed by atoms with E-state index in [0.717, 1.165) is 69.9 Å². The molecule has 204 valence electrons. The summed E-state index contributed by atoms with van der Waals surface area (Å²) in [6.45, 7) is 11.7. The predicted octanol–water partition coefficient (Wildman–Crippen LogP) is 6.59. The fraction of sp³-hybridized carbons (Fsp3) is 0.455. The number of hydrogen-bond acceptors (Lipinski definition) is 5. The normalized spacial score (nSPS) is 14.8.